The number of fused-ring (bicyclic) bond motifs is 2. The SMILES string of the molecule is CC1=CC(c2cccc(-c3c4ccccc4c(-c4cccc(-c5ccnc(C)c5)c4)c4ccc(-c5ccccc5)cc34)c2)=CCN1. The second-order valence-corrected chi connectivity index (χ2v) is 12.1. The molecule has 2 heterocycles. The van der Waals surface area contributed by atoms with Gasteiger partial charge in [-0.05, 0) is 127 Å². The molecule has 220 valence electrons. The van der Waals surface area contributed by atoms with Crippen LogP contribution in [0.2, 0.25) is 0 Å². The van der Waals surface area contributed by atoms with Crippen LogP contribution in [0, 0.1) is 6.92 Å². The van der Waals surface area contributed by atoms with Crippen molar-refractivity contribution in [2.75, 3.05) is 6.54 Å². The van der Waals surface area contributed by atoms with Crippen molar-refractivity contribution in [1.29, 1.82) is 0 Å². The van der Waals surface area contributed by atoms with E-state index in [2.05, 4.69) is 163 Å². The molecule has 1 aliphatic rings. The number of nitrogens with one attached hydrogen (secondary N) is 1. The molecule has 0 radical (unpaired) electrons. The molecule has 6 aromatic carbocycles. The summed E-state index contributed by atoms with van der Waals surface area (Å²) in [5.41, 5.74) is 14.5. The monoisotopic (exact) mass is 590 g/mol. The highest BCUT2D eigenvalue weighted by atomic mass is 14.9. The molecular formula is C44H34N2. The van der Waals surface area contributed by atoms with E-state index >= 15 is 0 Å². The van der Waals surface area contributed by atoms with Crippen molar-refractivity contribution in [3.63, 3.8) is 0 Å². The zero-order valence-corrected chi connectivity index (χ0v) is 26.1. The highest BCUT2D eigenvalue weighted by Gasteiger charge is 2.18. The molecule has 0 amide bonds. The van der Waals surface area contributed by atoms with Gasteiger partial charge in [-0.1, -0.05) is 109 Å². The van der Waals surface area contributed by atoms with Crippen molar-refractivity contribution in [2.24, 2.45) is 0 Å². The minimum Gasteiger partial charge on any atom is -0.385 e. The third kappa shape index (κ3) is 5.08. The number of aromatic nitrogens is 1. The Bertz CT molecular complexity index is 2330. The van der Waals surface area contributed by atoms with Crippen LogP contribution in [0.15, 0.2) is 158 Å². The van der Waals surface area contributed by atoms with Crippen LogP contribution < -0.4 is 5.32 Å². The minimum absolute atomic E-state index is 0.848. The molecule has 0 bridgehead atoms. The molecule has 1 aliphatic heterocycles. The van der Waals surface area contributed by atoms with E-state index in [1.807, 2.05) is 13.1 Å². The second kappa shape index (κ2) is 11.6. The van der Waals surface area contributed by atoms with E-state index in [9.17, 15) is 0 Å². The summed E-state index contributed by atoms with van der Waals surface area (Å²) in [5, 5.41) is 8.43. The zero-order valence-electron chi connectivity index (χ0n) is 26.1. The summed E-state index contributed by atoms with van der Waals surface area (Å²) in [5.74, 6) is 0. The van der Waals surface area contributed by atoms with Crippen molar-refractivity contribution in [2.45, 2.75) is 13.8 Å². The van der Waals surface area contributed by atoms with Gasteiger partial charge in [-0.15, -0.1) is 0 Å². The van der Waals surface area contributed by atoms with E-state index in [0.717, 1.165) is 12.2 Å². The maximum atomic E-state index is 4.43. The van der Waals surface area contributed by atoms with E-state index in [4.69, 9.17) is 0 Å². The third-order valence-corrected chi connectivity index (χ3v) is 9.07. The normalized spacial score (nSPS) is 12.9. The number of allylic oxidation sites excluding steroid dienone is 3. The van der Waals surface area contributed by atoms with Gasteiger partial charge in [0.25, 0.3) is 0 Å². The highest BCUT2D eigenvalue weighted by Crippen LogP contribution is 2.45. The van der Waals surface area contributed by atoms with Gasteiger partial charge in [-0.2, -0.15) is 0 Å². The van der Waals surface area contributed by atoms with E-state index < -0.39 is 0 Å². The fraction of sp³-hybridized carbons (Fsp3) is 0.0682. The lowest BCUT2D eigenvalue weighted by molar-refractivity contribution is 0.895. The Kier molecular flexibility index (Phi) is 7.04. The van der Waals surface area contributed by atoms with Gasteiger partial charge in [-0.3, -0.25) is 4.98 Å². The van der Waals surface area contributed by atoms with Gasteiger partial charge in [0.15, 0.2) is 0 Å². The Hall–Kier alpha value is -5.73. The first-order valence-electron chi connectivity index (χ1n) is 15.9. The van der Waals surface area contributed by atoms with Crippen LogP contribution in [0.4, 0.5) is 0 Å². The minimum atomic E-state index is 0.848. The maximum absolute atomic E-state index is 4.43. The highest BCUT2D eigenvalue weighted by molar-refractivity contribution is 6.22. The topological polar surface area (TPSA) is 24.9 Å². The van der Waals surface area contributed by atoms with Crippen molar-refractivity contribution in [3.05, 3.63) is 169 Å². The van der Waals surface area contributed by atoms with Crippen LogP contribution >= 0.6 is 0 Å². The molecule has 2 nitrogen and oxygen atoms in total. The summed E-state index contributed by atoms with van der Waals surface area (Å²) >= 11 is 0. The van der Waals surface area contributed by atoms with Crippen molar-refractivity contribution < 1.29 is 0 Å². The Morgan fingerprint density at radius 2 is 1.07 bits per heavy atom. The summed E-state index contributed by atoms with van der Waals surface area (Å²) in [6.45, 7) is 5.03. The Morgan fingerprint density at radius 1 is 0.478 bits per heavy atom. The largest absolute Gasteiger partial charge is 0.385 e. The molecule has 0 fully saturated rings. The molecule has 0 unspecified atom stereocenters. The predicted octanol–water partition coefficient (Wildman–Crippen LogP) is 11.3. The van der Waals surface area contributed by atoms with Crippen LogP contribution in [0.3, 0.4) is 0 Å². The zero-order chi connectivity index (χ0) is 31.0. The summed E-state index contributed by atoms with van der Waals surface area (Å²) in [6, 6.07) is 48.9. The number of nitrogens with zero attached hydrogens (tertiary/aromatic N) is 1. The number of hydrogen-bond acceptors (Lipinski definition) is 2. The van der Waals surface area contributed by atoms with Gasteiger partial charge in [0, 0.05) is 24.1 Å². The molecule has 0 atom stereocenters. The van der Waals surface area contributed by atoms with Crippen LogP contribution in [-0.4, -0.2) is 11.5 Å². The van der Waals surface area contributed by atoms with Crippen molar-refractivity contribution in [3.8, 4) is 44.5 Å². The first-order valence-corrected chi connectivity index (χ1v) is 15.9. The van der Waals surface area contributed by atoms with Gasteiger partial charge in [0.2, 0.25) is 0 Å². The standard InChI is InChI=1S/C44H34N2/c1-29-24-35(20-22-45-29)32-12-8-14-37(26-32)43-39-16-6-7-17-40(39)44(38-15-9-13-33(27-38)36-21-23-46-30(2)25-36)42-28-34(18-19-41(42)43)31-10-4-3-5-11-31/h3-22,24-28,46H,23H2,1-2H3. The molecule has 8 rings (SSSR count). The second-order valence-electron chi connectivity index (χ2n) is 12.1. The van der Waals surface area contributed by atoms with E-state index in [0.29, 0.717) is 0 Å². The van der Waals surface area contributed by atoms with E-state index in [1.54, 1.807) is 0 Å². The molecule has 0 saturated heterocycles. The van der Waals surface area contributed by atoms with Gasteiger partial charge in [-0.25, -0.2) is 0 Å². The molecular weight excluding hydrogens is 556 g/mol. The van der Waals surface area contributed by atoms with Crippen LogP contribution in [0.5, 0.6) is 0 Å². The maximum Gasteiger partial charge on any atom is 0.0378 e. The smallest absolute Gasteiger partial charge is 0.0378 e. The lowest BCUT2D eigenvalue weighted by Gasteiger charge is -2.20. The molecule has 0 saturated carbocycles. The van der Waals surface area contributed by atoms with Gasteiger partial charge in [0.05, 0.1) is 0 Å². The summed E-state index contributed by atoms with van der Waals surface area (Å²) < 4.78 is 0. The average molecular weight is 591 g/mol. The van der Waals surface area contributed by atoms with Crippen LogP contribution in [-0.2, 0) is 0 Å². The lowest BCUT2D eigenvalue weighted by Crippen LogP contribution is -2.14. The fourth-order valence-corrected chi connectivity index (χ4v) is 6.91. The Labute approximate surface area is 270 Å². The lowest BCUT2D eigenvalue weighted by atomic mass is 9.84. The Morgan fingerprint density at radius 3 is 1.80 bits per heavy atom. The predicted molar refractivity (Wildman–Crippen MR) is 195 cm³/mol. The van der Waals surface area contributed by atoms with E-state index in [1.165, 1.54) is 82.9 Å². The number of dihydropyridines is 1. The summed E-state index contributed by atoms with van der Waals surface area (Å²) in [6.07, 6.45) is 6.41. The number of rotatable bonds is 5. The molecule has 2 heteroatoms. The molecule has 0 spiro atoms. The number of pyridine rings is 1. The van der Waals surface area contributed by atoms with E-state index in [-0.39, 0.29) is 0 Å². The fourth-order valence-electron chi connectivity index (χ4n) is 6.91. The molecule has 1 aromatic heterocycles. The quantitative estimate of drug-likeness (QED) is 0.202. The van der Waals surface area contributed by atoms with Gasteiger partial charge >= 0.3 is 0 Å². The van der Waals surface area contributed by atoms with Gasteiger partial charge < -0.3 is 5.32 Å². The van der Waals surface area contributed by atoms with Crippen LogP contribution in [0.1, 0.15) is 18.2 Å². The molecule has 7 aromatic rings. The summed E-state index contributed by atoms with van der Waals surface area (Å²) in [7, 11) is 0. The Balaban J connectivity index is 1.43. The summed E-state index contributed by atoms with van der Waals surface area (Å²) in [4.78, 5) is 4.43. The number of aryl methyl sites for hydroxylation is 1. The number of hydrogen-bond donors (Lipinski definition) is 1. The van der Waals surface area contributed by atoms with Crippen molar-refractivity contribution >= 4 is 27.1 Å². The number of benzene rings is 6. The first kappa shape index (κ1) is 27.8. The molecule has 46 heavy (non-hydrogen) atoms. The molecule has 1 N–H and O–H groups in total. The van der Waals surface area contributed by atoms with Crippen molar-refractivity contribution in [1.82, 2.24) is 10.3 Å². The molecule has 0 aliphatic carbocycles. The average Bonchev–Trinajstić information content (AvgIpc) is 3.11. The van der Waals surface area contributed by atoms with Gasteiger partial charge in [0.1, 0.15) is 0 Å². The van der Waals surface area contributed by atoms with Crippen LogP contribution in [0.25, 0.3) is 71.6 Å². The third-order valence-electron chi connectivity index (χ3n) is 9.07. The first-order chi connectivity index (χ1) is 22.6.